The summed E-state index contributed by atoms with van der Waals surface area (Å²) in [6.45, 7) is 0. The quantitative estimate of drug-likeness (QED) is 0.107. The van der Waals surface area contributed by atoms with E-state index in [1.807, 2.05) is 0 Å². The molecule has 328 valence electrons. The van der Waals surface area contributed by atoms with Crippen molar-refractivity contribution in [3.05, 3.63) is 273 Å². The molecule has 3 nitrogen and oxygen atoms in total. The number of hydrogen-bond donors (Lipinski definition) is 0. The molecule has 0 aliphatic rings. The maximum atomic E-state index is 2.50. The highest BCUT2D eigenvalue weighted by atomic mass is 28.3. The number of rotatable bonds is 8. The van der Waals surface area contributed by atoms with Crippen molar-refractivity contribution in [2.24, 2.45) is 0 Å². The fraction of sp³-hybridized carbons (Fsp3) is 0. The largest absolute Gasteiger partial charge is 0.309 e. The Morgan fingerprint density at radius 2 is 0.657 bits per heavy atom. The zero-order valence-corrected chi connectivity index (χ0v) is 39.3. The van der Waals surface area contributed by atoms with Gasteiger partial charge in [0, 0.05) is 43.7 Å². The number of benzene rings is 11. The van der Waals surface area contributed by atoms with Crippen LogP contribution in [0.4, 0.5) is 0 Å². The van der Waals surface area contributed by atoms with E-state index in [9.17, 15) is 0 Å². The van der Waals surface area contributed by atoms with Crippen LogP contribution < -0.4 is 20.7 Å². The van der Waals surface area contributed by atoms with Gasteiger partial charge in [0.25, 0.3) is 0 Å². The number of fused-ring (bicyclic) bond motifs is 9. The summed E-state index contributed by atoms with van der Waals surface area (Å²) < 4.78 is 7.44. The van der Waals surface area contributed by atoms with E-state index in [0.717, 1.165) is 17.1 Å². The predicted molar refractivity (Wildman–Crippen MR) is 299 cm³/mol. The van der Waals surface area contributed by atoms with Crippen LogP contribution in [0.3, 0.4) is 0 Å². The highest BCUT2D eigenvalue weighted by Gasteiger charge is 2.41. The summed E-state index contributed by atoms with van der Waals surface area (Å²) in [4.78, 5) is 0. The molecule has 0 amide bonds. The summed E-state index contributed by atoms with van der Waals surface area (Å²) in [5.74, 6) is 0. The van der Waals surface area contributed by atoms with Crippen LogP contribution in [-0.2, 0) is 0 Å². The Morgan fingerprint density at radius 1 is 0.229 bits per heavy atom. The molecule has 0 atom stereocenters. The minimum atomic E-state index is -2.79. The van der Waals surface area contributed by atoms with Crippen molar-refractivity contribution in [2.45, 2.75) is 0 Å². The first-order valence-electron chi connectivity index (χ1n) is 24.2. The third-order valence-corrected chi connectivity index (χ3v) is 19.5. The second-order valence-electron chi connectivity index (χ2n) is 18.4. The molecule has 0 unspecified atom stereocenters. The Balaban J connectivity index is 0.980. The van der Waals surface area contributed by atoms with E-state index in [1.165, 1.54) is 97.3 Å². The van der Waals surface area contributed by atoms with Gasteiger partial charge in [-0.3, -0.25) is 0 Å². The van der Waals surface area contributed by atoms with E-state index in [2.05, 4.69) is 287 Å². The van der Waals surface area contributed by atoms with Crippen molar-refractivity contribution in [3.8, 4) is 28.2 Å². The molecule has 0 aliphatic heterocycles. The molecule has 4 heteroatoms. The number of hydrogen-bond acceptors (Lipinski definition) is 0. The first-order valence-corrected chi connectivity index (χ1v) is 26.2. The molecule has 0 fully saturated rings. The molecule has 0 radical (unpaired) electrons. The summed E-state index contributed by atoms with van der Waals surface area (Å²) in [5.41, 5.74) is 13.0. The van der Waals surface area contributed by atoms with E-state index in [-0.39, 0.29) is 0 Å². The maximum Gasteiger partial charge on any atom is 0.179 e. The van der Waals surface area contributed by atoms with Gasteiger partial charge in [-0.1, -0.05) is 200 Å². The Hall–Kier alpha value is -8.96. The number of para-hydroxylation sites is 3. The van der Waals surface area contributed by atoms with E-state index in [0.29, 0.717) is 0 Å². The second kappa shape index (κ2) is 16.1. The molecular formula is C66H45N3Si. The van der Waals surface area contributed by atoms with Crippen LogP contribution in [0.5, 0.6) is 0 Å². The van der Waals surface area contributed by atoms with Gasteiger partial charge in [0.2, 0.25) is 0 Å². The zero-order valence-electron chi connectivity index (χ0n) is 38.3. The van der Waals surface area contributed by atoms with Gasteiger partial charge in [-0.25, -0.2) is 0 Å². The summed E-state index contributed by atoms with van der Waals surface area (Å²) >= 11 is 0. The standard InChI is InChI=1S/C66H45N3Si/c1-5-21-46(22-6-1)47-39-41-62-57(43-47)54-31-13-16-34-59(54)67(62)49-40-42-63-58(45-49)55-32-14-17-35-60(55)69(63)65-38-20-37-64-66(65)56-33-15-18-36-61(56)68(64)48-23-19-30-53(44-48)70(50-24-7-2-8-25-50,51-26-9-3-10-27-51)52-28-11-4-12-29-52/h1-45H. The highest BCUT2D eigenvalue weighted by Crippen LogP contribution is 2.42. The number of aromatic nitrogens is 3. The van der Waals surface area contributed by atoms with Crippen molar-refractivity contribution < 1.29 is 0 Å². The minimum absolute atomic E-state index is 1.14. The van der Waals surface area contributed by atoms with Crippen molar-refractivity contribution in [1.29, 1.82) is 0 Å². The van der Waals surface area contributed by atoms with E-state index < -0.39 is 8.07 Å². The summed E-state index contributed by atoms with van der Waals surface area (Å²) in [6, 6.07) is 101. The molecule has 0 saturated heterocycles. The zero-order chi connectivity index (χ0) is 46.2. The topological polar surface area (TPSA) is 14.8 Å². The van der Waals surface area contributed by atoms with Crippen LogP contribution in [0.15, 0.2) is 273 Å². The number of nitrogens with zero attached hydrogens (tertiary/aromatic N) is 3. The van der Waals surface area contributed by atoms with Crippen LogP contribution in [0, 0.1) is 0 Å². The molecule has 70 heavy (non-hydrogen) atoms. The molecule has 11 aromatic carbocycles. The third kappa shape index (κ3) is 6.00. The molecule has 3 heterocycles. The predicted octanol–water partition coefficient (Wildman–Crippen LogP) is 14.0. The van der Waals surface area contributed by atoms with Crippen LogP contribution in [0.2, 0.25) is 0 Å². The fourth-order valence-electron chi connectivity index (χ4n) is 11.8. The van der Waals surface area contributed by atoms with Gasteiger partial charge in [0.1, 0.15) is 0 Å². The van der Waals surface area contributed by atoms with Crippen LogP contribution in [0.25, 0.3) is 93.6 Å². The molecule has 0 aliphatic carbocycles. The molecule has 0 bridgehead atoms. The first kappa shape index (κ1) is 40.1. The monoisotopic (exact) mass is 907 g/mol. The van der Waals surface area contributed by atoms with E-state index >= 15 is 0 Å². The average Bonchev–Trinajstić information content (AvgIpc) is 4.08. The van der Waals surface area contributed by atoms with Crippen molar-refractivity contribution in [1.82, 2.24) is 13.7 Å². The van der Waals surface area contributed by atoms with Gasteiger partial charge in [-0.05, 0) is 105 Å². The van der Waals surface area contributed by atoms with E-state index in [4.69, 9.17) is 0 Å². The SMILES string of the molecule is c1ccc(-c2ccc3c(c2)c2ccccc2n3-c2ccc3c(c2)c2ccccc2n3-c2cccc3c2c2ccccc2n3-c2cccc([Si](c3ccccc3)(c3ccccc3)c3ccccc3)c2)cc1. The third-order valence-electron chi connectivity index (χ3n) is 14.8. The lowest BCUT2D eigenvalue weighted by molar-refractivity contribution is 1.16. The first-order chi connectivity index (χ1) is 34.8. The van der Waals surface area contributed by atoms with Crippen LogP contribution in [0.1, 0.15) is 0 Å². The molecule has 0 spiro atoms. The smallest absolute Gasteiger partial charge is 0.179 e. The van der Waals surface area contributed by atoms with Crippen molar-refractivity contribution in [3.63, 3.8) is 0 Å². The van der Waals surface area contributed by atoms with Crippen molar-refractivity contribution in [2.75, 3.05) is 0 Å². The Kier molecular flexibility index (Phi) is 9.23. The van der Waals surface area contributed by atoms with Gasteiger partial charge in [-0.2, -0.15) is 0 Å². The molecule has 14 aromatic rings. The fourth-order valence-corrected chi connectivity index (χ4v) is 16.6. The maximum absolute atomic E-state index is 2.79. The van der Waals surface area contributed by atoms with E-state index in [1.54, 1.807) is 0 Å². The molecule has 0 N–H and O–H groups in total. The van der Waals surface area contributed by atoms with Crippen LogP contribution in [-0.4, -0.2) is 21.8 Å². The summed E-state index contributed by atoms with van der Waals surface area (Å²) in [7, 11) is -2.79. The lowest BCUT2D eigenvalue weighted by Crippen LogP contribution is -2.74. The Labute approximate surface area is 407 Å². The molecule has 3 aromatic heterocycles. The van der Waals surface area contributed by atoms with Gasteiger partial charge in [0.15, 0.2) is 8.07 Å². The lowest BCUT2D eigenvalue weighted by atomic mass is 10.0. The van der Waals surface area contributed by atoms with Crippen LogP contribution >= 0.6 is 0 Å². The second-order valence-corrected chi connectivity index (χ2v) is 22.2. The Bertz CT molecular complexity index is 4180. The summed E-state index contributed by atoms with van der Waals surface area (Å²) in [5, 5.41) is 12.8. The normalized spacial score (nSPS) is 12.0. The van der Waals surface area contributed by atoms with Crippen molar-refractivity contribution >= 4 is 94.2 Å². The minimum Gasteiger partial charge on any atom is -0.309 e. The molecule has 14 rings (SSSR count). The van der Waals surface area contributed by atoms with Gasteiger partial charge >= 0.3 is 0 Å². The highest BCUT2D eigenvalue weighted by molar-refractivity contribution is 7.19. The van der Waals surface area contributed by atoms with Gasteiger partial charge in [-0.15, -0.1) is 0 Å². The lowest BCUT2D eigenvalue weighted by Gasteiger charge is -2.34. The summed E-state index contributed by atoms with van der Waals surface area (Å²) in [6.07, 6.45) is 0. The van der Waals surface area contributed by atoms with Gasteiger partial charge in [0.05, 0.1) is 38.8 Å². The molecular weight excluding hydrogens is 863 g/mol. The van der Waals surface area contributed by atoms with Gasteiger partial charge < -0.3 is 13.7 Å². The molecule has 0 saturated carbocycles. The Morgan fingerprint density at radius 3 is 1.30 bits per heavy atom. The average molecular weight is 908 g/mol.